The van der Waals surface area contributed by atoms with Gasteiger partial charge in [0.2, 0.25) is 10.0 Å². The highest BCUT2D eigenvalue weighted by atomic mass is 32.2. The number of hydrogen-bond donors (Lipinski definition) is 2. The molecule has 8 heteroatoms. The first-order chi connectivity index (χ1) is 10.1. The van der Waals surface area contributed by atoms with Crippen molar-refractivity contribution in [2.24, 2.45) is 0 Å². The van der Waals surface area contributed by atoms with E-state index >= 15 is 0 Å². The molecule has 2 aromatic rings. The van der Waals surface area contributed by atoms with Crippen LogP contribution in [0.15, 0.2) is 35.5 Å². The van der Waals surface area contributed by atoms with Crippen LogP contribution in [-0.4, -0.2) is 41.9 Å². The van der Waals surface area contributed by atoms with Crippen molar-refractivity contribution in [1.82, 2.24) is 19.5 Å². The van der Waals surface area contributed by atoms with Gasteiger partial charge in [-0.15, -0.1) is 0 Å². The van der Waals surface area contributed by atoms with Gasteiger partial charge in [-0.2, -0.15) is 5.10 Å². The van der Waals surface area contributed by atoms with Crippen LogP contribution in [0.3, 0.4) is 0 Å². The van der Waals surface area contributed by atoms with Gasteiger partial charge in [-0.05, 0) is 31.2 Å². The maximum atomic E-state index is 11.6. The Bertz CT molecular complexity index is 680. The quantitative estimate of drug-likeness (QED) is 0.748. The summed E-state index contributed by atoms with van der Waals surface area (Å²) in [5.74, 6) is 0.802. The second-order valence-corrected chi connectivity index (χ2v) is 6.36. The molecule has 1 heterocycles. The lowest BCUT2D eigenvalue weighted by atomic mass is 10.1. The number of sulfonamides is 1. The predicted molar refractivity (Wildman–Crippen MR) is 77.2 cm³/mol. The summed E-state index contributed by atoms with van der Waals surface area (Å²) >= 11 is 0. The van der Waals surface area contributed by atoms with Crippen LogP contribution in [0, 0.1) is 0 Å². The van der Waals surface area contributed by atoms with Gasteiger partial charge in [-0.1, -0.05) is 12.1 Å². The zero-order valence-corrected chi connectivity index (χ0v) is 12.5. The summed E-state index contributed by atoms with van der Waals surface area (Å²) in [5, 5.41) is 13.0. The van der Waals surface area contributed by atoms with E-state index in [0.29, 0.717) is 13.0 Å². The van der Waals surface area contributed by atoms with Gasteiger partial charge in [0.25, 0.3) is 0 Å². The van der Waals surface area contributed by atoms with E-state index in [4.69, 9.17) is 5.11 Å². The first kappa shape index (κ1) is 15.6. The van der Waals surface area contributed by atoms with Gasteiger partial charge in [-0.25, -0.2) is 22.8 Å². The van der Waals surface area contributed by atoms with Crippen LogP contribution in [0.1, 0.15) is 11.4 Å². The fourth-order valence-corrected chi connectivity index (χ4v) is 2.70. The lowest BCUT2D eigenvalue weighted by molar-refractivity contribution is 0.267. The Morgan fingerprint density at radius 3 is 2.57 bits per heavy atom. The van der Waals surface area contributed by atoms with E-state index in [9.17, 15) is 8.42 Å². The highest BCUT2D eigenvalue weighted by molar-refractivity contribution is 7.89. The Morgan fingerprint density at radius 1 is 1.24 bits per heavy atom. The fourth-order valence-electron chi connectivity index (χ4n) is 1.97. The van der Waals surface area contributed by atoms with Crippen molar-refractivity contribution in [1.29, 1.82) is 0 Å². The summed E-state index contributed by atoms with van der Waals surface area (Å²) in [6.07, 6.45) is 2.87. The van der Waals surface area contributed by atoms with Crippen LogP contribution in [0.5, 0.6) is 0 Å². The molecular weight excluding hydrogens is 292 g/mol. The second-order valence-electron chi connectivity index (χ2n) is 4.47. The first-order valence-electron chi connectivity index (χ1n) is 6.57. The highest BCUT2D eigenvalue weighted by Crippen LogP contribution is 2.12. The molecule has 0 aliphatic carbocycles. The Morgan fingerprint density at radius 2 is 1.95 bits per heavy atom. The summed E-state index contributed by atoms with van der Waals surface area (Å²) < 4.78 is 27.2. The van der Waals surface area contributed by atoms with E-state index in [0.717, 1.165) is 17.8 Å². The summed E-state index contributed by atoms with van der Waals surface area (Å²) in [7, 11) is -2.01. The van der Waals surface area contributed by atoms with Crippen molar-refractivity contribution >= 4 is 10.0 Å². The van der Waals surface area contributed by atoms with Gasteiger partial charge in [0, 0.05) is 6.42 Å². The normalized spacial score (nSPS) is 11.7. The van der Waals surface area contributed by atoms with Gasteiger partial charge < -0.3 is 5.11 Å². The molecule has 0 aliphatic heterocycles. The van der Waals surface area contributed by atoms with Crippen molar-refractivity contribution in [2.45, 2.75) is 24.3 Å². The molecule has 2 N–H and O–H groups in total. The van der Waals surface area contributed by atoms with E-state index in [2.05, 4.69) is 14.8 Å². The number of nitrogens with zero attached hydrogens (tertiary/aromatic N) is 3. The first-order valence-corrected chi connectivity index (χ1v) is 8.05. The average Bonchev–Trinajstić information content (AvgIpc) is 2.93. The number of aromatic nitrogens is 3. The molecule has 1 aromatic carbocycles. The van der Waals surface area contributed by atoms with Gasteiger partial charge in [-0.3, -0.25) is 0 Å². The predicted octanol–water partition coefficient (Wildman–Crippen LogP) is -0.0363. The lowest BCUT2D eigenvalue weighted by Crippen LogP contribution is -2.18. The number of aryl methyl sites for hydroxylation is 2. The van der Waals surface area contributed by atoms with Gasteiger partial charge >= 0.3 is 0 Å². The topological polar surface area (TPSA) is 97.1 Å². The molecule has 0 amide bonds. The molecule has 0 saturated heterocycles. The van der Waals surface area contributed by atoms with Crippen molar-refractivity contribution in [3.05, 3.63) is 42.0 Å². The lowest BCUT2D eigenvalue weighted by Gasteiger charge is -2.06. The molecule has 21 heavy (non-hydrogen) atoms. The summed E-state index contributed by atoms with van der Waals surface area (Å²) in [5.41, 5.74) is 1.02. The van der Waals surface area contributed by atoms with E-state index in [1.807, 2.05) is 0 Å². The molecule has 7 nitrogen and oxygen atoms in total. The minimum Gasteiger partial charge on any atom is -0.394 e. The Hall–Kier alpha value is -1.77. The zero-order valence-electron chi connectivity index (χ0n) is 11.7. The zero-order chi connectivity index (χ0) is 15.3. The maximum Gasteiger partial charge on any atom is 0.240 e. The van der Waals surface area contributed by atoms with Gasteiger partial charge in [0.1, 0.15) is 12.2 Å². The minimum absolute atomic E-state index is 0.0208. The van der Waals surface area contributed by atoms with E-state index in [1.54, 1.807) is 28.9 Å². The number of nitrogens with one attached hydrogen (secondary N) is 1. The molecular formula is C13H18N4O3S. The van der Waals surface area contributed by atoms with Crippen LogP contribution < -0.4 is 4.72 Å². The van der Waals surface area contributed by atoms with Gasteiger partial charge in [0.05, 0.1) is 18.0 Å². The third-order valence-electron chi connectivity index (χ3n) is 3.15. The van der Waals surface area contributed by atoms with Crippen molar-refractivity contribution in [2.75, 3.05) is 13.7 Å². The molecule has 2 rings (SSSR count). The van der Waals surface area contributed by atoms with E-state index < -0.39 is 10.0 Å². The summed E-state index contributed by atoms with van der Waals surface area (Å²) in [6.45, 7) is 0.446. The molecule has 1 aromatic heterocycles. The fraction of sp³-hybridized carbons (Fsp3) is 0.385. The second kappa shape index (κ2) is 6.79. The Kier molecular flexibility index (Phi) is 5.05. The molecule has 0 aliphatic rings. The molecule has 0 radical (unpaired) electrons. The van der Waals surface area contributed by atoms with Crippen LogP contribution >= 0.6 is 0 Å². The van der Waals surface area contributed by atoms with Crippen LogP contribution in [0.2, 0.25) is 0 Å². The number of hydrogen-bond acceptors (Lipinski definition) is 5. The summed E-state index contributed by atoms with van der Waals surface area (Å²) in [6, 6.07) is 6.74. The summed E-state index contributed by atoms with van der Waals surface area (Å²) in [4.78, 5) is 4.40. The van der Waals surface area contributed by atoms with Crippen molar-refractivity contribution in [3.8, 4) is 0 Å². The number of aliphatic hydroxyl groups excluding tert-OH is 1. The number of rotatable bonds is 7. The number of benzene rings is 1. The monoisotopic (exact) mass is 310 g/mol. The minimum atomic E-state index is -3.39. The molecule has 0 spiro atoms. The van der Waals surface area contributed by atoms with Crippen molar-refractivity contribution in [3.63, 3.8) is 0 Å². The third kappa shape index (κ3) is 3.87. The smallest absolute Gasteiger partial charge is 0.240 e. The molecule has 0 bridgehead atoms. The van der Waals surface area contributed by atoms with Gasteiger partial charge in [0.15, 0.2) is 0 Å². The van der Waals surface area contributed by atoms with Crippen LogP contribution in [0.4, 0.5) is 0 Å². The standard InChI is InChI=1S/C13H18N4O3S/c1-14-21(19,20)12-5-2-11(3-6-12)4-7-13-15-10-16-17(13)8-9-18/h2-3,5-6,10,14,18H,4,7-9H2,1H3. The largest absolute Gasteiger partial charge is 0.394 e. The Balaban J connectivity index is 2.02. The van der Waals surface area contributed by atoms with Crippen molar-refractivity contribution < 1.29 is 13.5 Å². The molecule has 0 saturated carbocycles. The van der Waals surface area contributed by atoms with E-state index in [1.165, 1.54) is 13.4 Å². The molecule has 0 atom stereocenters. The maximum absolute atomic E-state index is 11.6. The average molecular weight is 310 g/mol. The van der Waals surface area contributed by atoms with Crippen LogP contribution in [-0.2, 0) is 29.4 Å². The molecule has 0 unspecified atom stereocenters. The molecule has 114 valence electrons. The Labute approximate surface area is 123 Å². The SMILES string of the molecule is CNS(=O)(=O)c1ccc(CCc2ncnn2CCO)cc1. The third-order valence-corrected chi connectivity index (χ3v) is 4.58. The van der Waals surface area contributed by atoms with E-state index in [-0.39, 0.29) is 11.5 Å². The molecule has 0 fully saturated rings. The highest BCUT2D eigenvalue weighted by Gasteiger charge is 2.10. The number of aliphatic hydroxyl groups is 1. The van der Waals surface area contributed by atoms with Crippen LogP contribution in [0.25, 0.3) is 0 Å².